The van der Waals surface area contributed by atoms with E-state index in [1.54, 1.807) is 4.57 Å². The fraction of sp³-hybridized carbons (Fsp3) is 0.222. The average Bonchev–Trinajstić information content (AvgIpc) is 3.28. The zero-order chi connectivity index (χ0) is 24.2. The van der Waals surface area contributed by atoms with Gasteiger partial charge in [-0.15, -0.1) is 0 Å². The molecule has 2 aromatic heterocycles. The number of aryl methyl sites for hydroxylation is 1. The van der Waals surface area contributed by atoms with Gasteiger partial charge in [0.2, 0.25) is 0 Å². The number of methoxy groups -OCH3 is 2. The minimum absolute atomic E-state index is 0.0480. The number of ether oxygens (including phenoxy) is 2. The van der Waals surface area contributed by atoms with Crippen molar-refractivity contribution in [3.05, 3.63) is 81.4 Å². The number of hydrogen-bond donors (Lipinski definition) is 1. The molecule has 2 heterocycles. The van der Waals surface area contributed by atoms with E-state index in [1.807, 2.05) is 67.6 Å². The van der Waals surface area contributed by atoms with Gasteiger partial charge in [-0.1, -0.05) is 61.9 Å². The third kappa shape index (κ3) is 4.12. The van der Waals surface area contributed by atoms with Gasteiger partial charge in [0.25, 0.3) is 5.56 Å². The van der Waals surface area contributed by atoms with Gasteiger partial charge < -0.3 is 19.0 Å². The Bertz CT molecular complexity index is 1460. The molecule has 7 heteroatoms. The molecule has 4 rings (SSSR count). The number of carbonyl (C=O) groups excluding carboxylic acids is 2. The van der Waals surface area contributed by atoms with Crippen LogP contribution in [0.3, 0.4) is 0 Å². The van der Waals surface area contributed by atoms with E-state index in [4.69, 9.17) is 9.47 Å². The second-order valence-corrected chi connectivity index (χ2v) is 7.94. The highest BCUT2D eigenvalue weighted by molar-refractivity contribution is 6.20. The highest BCUT2D eigenvalue weighted by atomic mass is 16.5. The van der Waals surface area contributed by atoms with Crippen LogP contribution in [-0.4, -0.2) is 35.7 Å². The van der Waals surface area contributed by atoms with E-state index in [9.17, 15) is 14.4 Å². The molecular formula is C27H26N2O5. The van der Waals surface area contributed by atoms with Gasteiger partial charge in [-0.05, 0) is 29.7 Å². The summed E-state index contributed by atoms with van der Waals surface area (Å²) < 4.78 is 11.5. The van der Waals surface area contributed by atoms with Crippen LogP contribution >= 0.6 is 0 Å². The Kier molecular flexibility index (Phi) is 6.63. The molecule has 0 aliphatic carbocycles. The molecule has 0 amide bonds. The van der Waals surface area contributed by atoms with Crippen molar-refractivity contribution in [2.24, 2.45) is 0 Å². The number of nitrogens with one attached hydrogen (secondary N) is 1. The number of fused-ring (bicyclic) bond motifs is 3. The highest BCUT2D eigenvalue weighted by Gasteiger charge is 2.27. The van der Waals surface area contributed by atoms with Crippen molar-refractivity contribution in [2.75, 3.05) is 14.2 Å². The number of benzene rings is 2. The van der Waals surface area contributed by atoms with Gasteiger partial charge in [0.1, 0.15) is 11.4 Å². The van der Waals surface area contributed by atoms with Crippen LogP contribution in [0.25, 0.3) is 33.8 Å². The van der Waals surface area contributed by atoms with Crippen molar-refractivity contribution in [3.8, 4) is 0 Å². The van der Waals surface area contributed by atoms with Gasteiger partial charge in [0.05, 0.1) is 25.1 Å². The maximum atomic E-state index is 13.6. The highest BCUT2D eigenvalue weighted by Crippen LogP contribution is 2.31. The Hall–Kier alpha value is -4.13. The van der Waals surface area contributed by atoms with Crippen LogP contribution in [-0.2, 0) is 16.0 Å². The van der Waals surface area contributed by atoms with E-state index in [0.29, 0.717) is 22.8 Å². The Labute approximate surface area is 196 Å². The largest absolute Gasteiger partial charge is 0.464 e. The summed E-state index contributed by atoms with van der Waals surface area (Å²) in [6.45, 7) is 2.53. The van der Waals surface area contributed by atoms with Gasteiger partial charge in [0.15, 0.2) is 0 Å². The van der Waals surface area contributed by atoms with E-state index >= 15 is 0 Å². The van der Waals surface area contributed by atoms with Gasteiger partial charge in [0, 0.05) is 17.3 Å². The van der Waals surface area contributed by atoms with E-state index in [1.165, 1.54) is 14.2 Å². The molecule has 4 aromatic rings. The Morgan fingerprint density at radius 1 is 0.912 bits per heavy atom. The molecule has 0 aliphatic heterocycles. The van der Waals surface area contributed by atoms with E-state index in [0.717, 1.165) is 24.0 Å². The number of H-pyrrole nitrogens is 1. The summed E-state index contributed by atoms with van der Waals surface area (Å²) in [5.41, 5.74) is 2.26. The monoisotopic (exact) mass is 458 g/mol. The lowest BCUT2D eigenvalue weighted by Crippen LogP contribution is -2.22. The molecule has 0 saturated carbocycles. The Morgan fingerprint density at radius 3 is 2.21 bits per heavy atom. The lowest BCUT2D eigenvalue weighted by Gasteiger charge is -2.13. The number of unbranched alkanes of at least 4 members (excludes halogenated alkanes) is 1. The first-order valence-electron chi connectivity index (χ1n) is 11.1. The molecule has 0 spiro atoms. The molecule has 2 aromatic carbocycles. The third-order valence-corrected chi connectivity index (χ3v) is 5.82. The maximum Gasteiger partial charge on any atom is 0.355 e. The van der Waals surface area contributed by atoms with Crippen molar-refractivity contribution in [1.29, 1.82) is 0 Å². The van der Waals surface area contributed by atoms with Crippen molar-refractivity contribution < 1.29 is 19.1 Å². The first-order chi connectivity index (χ1) is 16.5. The molecular weight excluding hydrogens is 432 g/mol. The van der Waals surface area contributed by atoms with Gasteiger partial charge >= 0.3 is 11.9 Å². The molecule has 34 heavy (non-hydrogen) atoms. The predicted octanol–water partition coefficient (Wildman–Crippen LogP) is 5.03. The van der Waals surface area contributed by atoms with Crippen molar-refractivity contribution in [1.82, 2.24) is 9.55 Å². The third-order valence-electron chi connectivity index (χ3n) is 5.82. The standard InChI is InChI=1S/C27H26N2O5/c1-4-5-15-29-20-14-13-18(12-11-17-9-7-6-8-10-17)16-19(20)21-22(25(29)30)24(27(32)34-3)28-23(21)26(31)33-2/h6-14,16,28H,4-5,15H2,1-3H3. The van der Waals surface area contributed by atoms with Crippen LogP contribution in [0.1, 0.15) is 51.9 Å². The zero-order valence-electron chi connectivity index (χ0n) is 19.4. The predicted molar refractivity (Wildman–Crippen MR) is 133 cm³/mol. The number of aromatic nitrogens is 2. The molecule has 0 bridgehead atoms. The maximum absolute atomic E-state index is 13.6. The number of rotatable bonds is 7. The summed E-state index contributed by atoms with van der Waals surface area (Å²) in [5.74, 6) is -1.39. The minimum atomic E-state index is -0.723. The first kappa shape index (κ1) is 23.0. The van der Waals surface area contributed by atoms with Crippen LogP contribution in [0, 0.1) is 0 Å². The molecule has 0 radical (unpaired) electrons. The second kappa shape index (κ2) is 9.79. The summed E-state index contributed by atoms with van der Waals surface area (Å²) in [6.07, 6.45) is 5.64. The van der Waals surface area contributed by atoms with Crippen molar-refractivity contribution >= 4 is 45.8 Å². The topological polar surface area (TPSA) is 90.4 Å². The van der Waals surface area contributed by atoms with Crippen LogP contribution in [0.4, 0.5) is 0 Å². The molecule has 1 N–H and O–H groups in total. The average molecular weight is 459 g/mol. The number of pyridine rings is 1. The lowest BCUT2D eigenvalue weighted by atomic mass is 10.0. The van der Waals surface area contributed by atoms with Crippen LogP contribution in [0.5, 0.6) is 0 Å². The quantitative estimate of drug-likeness (QED) is 0.310. The summed E-state index contributed by atoms with van der Waals surface area (Å²) in [5, 5.41) is 1.16. The fourth-order valence-corrected chi connectivity index (χ4v) is 4.13. The smallest absolute Gasteiger partial charge is 0.355 e. The van der Waals surface area contributed by atoms with Gasteiger partial charge in [-0.2, -0.15) is 0 Å². The van der Waals surface area contributed by atoms with Crippen molar-refractivity contribution in [2.45, 2.75) is 26.3 Å². The molecule has 0 saturated heterocycles. The van der Waals surface area contributed by atoms with Crippen LogP contribution in [0.2, 0.25) is 0 Å². The summed E-state index contributed by atoms with van der Waals surface area (Å²) in [6, 6.07) is 15.6. The van der Waals surface area contributed by atoms with Crippen LogP contribution in [0.15, 0.2) is 53.3 Å². The number of nitrogens with zero attached hydrogens (tertiary/aromatic N) is 1. The first-order valence-corrected chi connectivity index (χ1v) is 11.1. The minimum Gasteiger partial charge on any atom is -0.464 e. The summed E-state index contributed by atoms with van der Waals surface area (Å²) >= 11 is 0. The summed E-state index contributed by atoms with van der Waals surface area (Å²) in [7, 11) is 2.49. The molecule has 174 valence electrons. The second-order valence-electron chi connectivity index (χ2n) is 7.94. The molecule has 0 fully saturated rings. The van der Waals surface area contributed by atoms with E-state index < -0.39 is 11.9 Å². The number of aromatic amines is 1. The Morgan fingerprint density at radius 2 is 1.56 bits per heavy atom. The lowest BCUT2D eigenvalue weighted by molar-refractivity contribution is 0.0592. The van der Waals surface area contributed by atoms with Crippen molar-refractivity contribution in [3.63, 3.8) is 0 Å². The Balaban J connectivity index is 2.06. The number of esters is 2. The molecule has 0 aliphatic rings. The SMILES string of the molecule is CCCCn1c(=O)c2c(C(=O)OC)[nH]c(C(=O)OC)c2c2cc(C=Cc3ccccc3)ccc21. The normalized spacial score (nSPS) is 11.4. The van der Waals surface area contributed by atoms with Crippen LogP contribution < -0.4 is 5.56 Å². The molecule has 0 atom stereocenters. The molecule has 0 unspecified atom stereocenters. The fourth-order valence-electron chi connectivity index (χ4n) is 4.13. The number of carbonyl (C=O) groups is 2. The van der Waals surface area contributed by atoms with E-state index in [-0.39, 0.29) is 22.3 Å². The molecule has 7 nitrogen and oxygen atoms in total. The van der Waals surface area contributed by atoms with E-state index in [2.05, 4.69) is 4.98 Å². The summed E-state index contributed by atoms with van der Waals surface area (Å²) in [4.78, 5) is 41.5. The number of hydrogen-bond acceptors (Lipinski definition) is 5. The zero-order valence-corrected chi connectivity index (χ0v) is 19.4. The van der Waals surface area contributed by atoms with Gasteiger partial charge in [-0.25, -0.2) is 9.59 Å². The van der Waals surface area contributed by atoms with Gasteiger partial charge in [-0.3, -0.25) is 4.79 Å².